The van der Waals surface area contributed by atoms with E-state index in [1.165, 1.54) is 0 Å². The third-order valence-corrected chi connectivity index (χ3v) is 6.59. The number of carbonyl (C=O) groups excluding carboxylic acids is 2. The second kappa shape index (κ2) is 11.7. The summed E-state index contributed by atoms with van der Waals surface area (Å²) in [6.45, 7) is 1.12. The molecule has 2 aliphatic heterocycles. The Kier molecular flexibility index (Phi) is 7.96. The van der Waals surface area contributed by atoms with Crippen LogP contribution in [0.4, 0.5) is 0 Å². The molecule has 7 nitrogen and oxygen atoms in total. The second-order valence-electron chi connectivity index (χ2n) is 8.94. The van der Waals surface area contributed by atoms with Crippen LogP contribution in [0.1, 0.15) is 21.5 Å². The highest BCUT2D eigenvalue weighted by Gasteiger charge is 2.49. The third-order valence-electron chi connectivity index (χ3n) is 6.34. The summed E-state index contributed by atoms with van der Waals surface area (Å²) in [5.41, 5.74) is 2.34. The fourth-order valence-electron chi connectivity index (χ4n) is 4.42. The van der Waals surface area contributed by atoms with Gasteiger partial charge in [-0.05, 0) is 41.5 Å². The first-order valence-corrected chi connectivity index (χ1v) is 12.5. The number of ether oxygens (including phenoxy) is 3. The van der Waals surface area contributed by atoms with Crippen LogP contribution in [-0.2, 0) is 25.6 Å². The first-order chi connectivity index (χ1) is 18.1. The molecule has 0 aromatic heterocycles. The number of rotatable bonds is 8. The van der Waals surface area contributed by atoms with E-state index < -0.39 is 5.91 Å². The van der Waals surface area contributed by atoms with Gasteiger partial charge in [0.1, 0.15) is 24.0 Å². The van der Waals surface area contributed by atoms with Crippen molar-refractivity contribution in [3.63, 3.8) is 0 Å². The minimum absolute atomic E-state index is 0.106. The molecule has 4 atom stereocenters. The molecule has 2 fully saturated rings. The van der Waals surface area contributed by atoms with Gasteiger partial charge in [0.25, 0.3) is 11.8 Å². The molecule has 0 saturated carbocycles. The summed E-state index contributed by atoms with van der Waals surface area (Å²) in [6.07, 6.45) is 0.762. The molecule has 0 spiro atoms. The largest absolute Gasteiger partial charge is 0.370 e. The quantitative estimate of drug-likeness (QED) is 0.441. The third kappa shape index (κ3) is 6.26. The molecular formula is C29H27ClN2O5. The van der Waals surface area contributed by atoms with Gasteiger partial charge in [-0.3, -0.25) is 9.59 Å². The molecule has 37 heavy (non-hydrogen) atoms. The summed E-state index contributed by atoms with van der Waals surface area (Å²) in [7, 11) is 0. The highest BCUT2D eigenvalue weighted by atomic mass is 35.5. The lowest BCUT2D eigenvalue weighted by Gasteiger charge is -2.19. The second-order valence-corrected chi connectivity index (χ2v) is 9.38. The van der Waals surface area contributed by atoms with E-state index in [9.17, 15) is 9.59 Å². The maximum absolute atomic E-state index is 13.4. The lowest BCUT2D eigenvalue weighted by atomic mass is 10.1. The van der Waals surface area contributed by atoms with Crippen LogP contribution in [0.15, 0.2) is 90.6 Å². The SMILES string of the molecule is O=C(N[C@@H]1CO[C@H]2[C@@H]1OC[C@H]2OCc1ccccc1)/C(=C/c1ccc(Cl)cc1)NC(=O)c1ccccc1. The number of nitrogens with one attached hydrogen (secondary N) is 2. The van der Waals surface area contributed by atoms with Crippen LogP contribution in [0, 0.1) is 0 Å². The topological polar surface area (TPSA) is 85.9 Å². The zero-order valence-corrected chi connectivity index (χ0v) is 20.8. The molecule has 0 bridgehead atoms. The number of amides is 2. The van der Waals surface area contributed by atoms with Crippen molar-refractivity contribution in [2.45, 2.75) is 31.0 Å². The Morgan fingerprint density at radius 3 is 2.30 bits per heavy atom. The summed E-state index contributed by atoms with van der Waals surface area (Å²) in [5, 5.41) is 6.30. The zero-order chi connectivity index (χ0) is 25.6. The summed E-state index contributed by atoms with van der Waals surface area (Å²) in [4.78, 5) is 26.2. The molecular weight excluding hydrogens is 492 g/mol. The molecule has 0 aliphatic carbocycles. The smallest absolute Gasteiger partial charge is 0.268 e. The molecule has 3 aromatic rings. The summed E-state index contributed by atoms with van der Waals surface area (Å²) < 4.78 is 18.0. The van der Waals surface area contributed by atoms with Gasteiger partial charge >= 0.3 is 0 Å². The van der Waals surface area contributed by atoms with E-state index in [4.69, 9.17) is 25.8 Å². The van der Waals surface area contributed by atoms with E-state index >= 15 is 0 Å². The normalized spacial score (nSPS) is 22.9. The van der Waals surface area contributed by atoms with Gasteiger partial charge < -0.3 is 24.8 Å². The Bertz CT molecular complexity index is 1250. The molecule has 2 aliphatic rings. The van der Waals surface area contributed by atoms with E-state index in [0.29, 0.717) is 23.8 Å². The van der Waals surface area contributed by atoms with Gasteiger partial charge in [0.05, 0.1) is 25.9 Å². The number of benzene rings is 3. The number of hydrogen-bond donors (Lipinski definition) is 2. The van der Waals surface area contributed by atoms with Crippen molar-refractivity contribution < 1.29 is 23.8 Å². The van der Waals surface area contributed by atoms with Crippen LogP contribution in [0.2, 0.25) is 5.02 Å². The number of carbonyl (C=O) groups is 2. The van der Waals surface area contributed by atoms with Gasteiger partial charge in [-0.1, -0.05) is 72.3 Å². The molecule has 8 heteroatoms. The molecule has 5 rings (SSSR count). The van der Waals surface area contributed by atoms with Crippen LogP contribution in [0.25, 0.3) is 6.08 Å². The Labute approximate surface area is 220 Å². The van der Waals surface area contributed by atoms with Crippen LogP contribution in [0.5, 0.6) is 0 Å². The lowest BCUT2D eigenvalue weighted by molar-refractivity contribution is -0.119. The van der Waals surface area contributed by atoms with Gasteiger partial charge in [-0.25, -0.2) is 0 Å². The van der Waals surface area contributed by atoms with Crippen molar-refractivity contribution in [3.8, 4) is 0 Å². The van der Waals surface area contributed by atoms with Crippen molar-refractivity contribution in [1.29, 1.82) is 0 Å². The highest BCUT2D eigenvalue weighted by Crippen LogP contribution is 2.29. The van der Waals surface area contributed by atoms with Crippen molar-refractivity contribution in [2.75, 3.05) is 13.2 Å². The minimum Gasteiger partial charge on any atom is -0.370 e. The summed E-state index contributed by atoms with van der Waals surface area (Å²) >= 11 is 6.00. The Morgan fingerprint density at radius 1 is 0.892 bits per heavy atom. The highest BCUT2D eigenvalue weighted by molar-refractivity contribution is 6.30. The van der Waals surface area contributed by atoms with E-state index in [1.54, 1.807) is 54.6 Å². The molecule has 190 valence electrons. The minimum atomic E-state index is -0.439. The fourth-order valence-corrected chi connectivity index (χ4v) is 4.55. The van der Waals surface area contributed by atoms with Gasteiger partial charge in [0, 0.05) is 10.6 Å². The predicted octanol–water partition coefficient (Wildman–Crippen LogP) is 3.98. The maximum atomic E-state index is 13.4. The van der Waals surface area contributed by atoms with Crippen LogP contribution in [0.3, 0.4) is 0 Å². The number of hydrogen-bond acceptors (Lipinski definition) is 5. The number of halogens is 1. The van der Waals surface area contributed by atoms with Crippen LogP contribution < -0.4 is 10.6 Å². The Hall–Kier alpha value is -3.49. The fraction of sp³-hybridized carbons (Fsp3) is 0.241. The average Bonchev–Trinajstić information content (AvgIpc) is 3.52. The van der Waals surface area contributed by atoms with E-state index in [1.807, 2.05) is 36.4 Å². The zero-order valence-electron chi connectivity index (χ0n) is 20.0. The molecule has 0 radical (unpaired) electrons. The van der Waals surface area contributed by atoms with E-state index in [2.05, 4.69) is 10.6 Å². The van der Waals surface area contributed by atoms with Crippen molar-refractivity contribution >= 4 is 29.5 Å². The first-order valence-electron chi connectivity index (χ1n) is 12.1. The Morgan fingerprint density at radius 2 is 1.57 bits per heavy atom. The first kappa shape index (κ1) is 25.2. The molecule has 0 unspecified atom stereocenters. The monoisotopic (exact) mass is 518 g/mol. The van der Waals surface area contributed by atoms with E-state index in [0.717, 1.165) is 11.1 Å². The van der Waals surface area contributed by atoms with Gasteiger partial charge in [0.2, 0.25) is 0 Å². The van der Waals surface area contributed by atoms with Gasteiger partial charge in [0.15, 0.2) is 0 Å². The molecule has 2 saturated heterocycles. The van der Waals surface area contributed by atoms with Crippen molar-refractivity contribution in [3.05, 3.63) is 112 Å². The predicted molar refractivity (Wildman–Crippen MR) is 140 cm³/mol. The summed E-state index contributed by atoms with van der Waals surface area (Å²) in [6, 6.07) is 25.2. The molecule has 3 aromatic carbocycles. The van der Waals surface area contributed by atoms with Crippen LogP contribution in [-0.4, -0.2) is 49.4 Å². The lowest BCUT2D eigenvalue weighted by Crippen LogP contribution is -2.46. The maximum Gasteiger partial charge on any atom is 0.268 e. The van der Waals surface area contributed by atoms with Crippen molar-refractivity contribution in [1.82, 2.24) is 10.6 Å². The Balaban J connectivity index is 1.26. The standard InChI is InChI=1S/C29H27ClN2O5/c30-22-13-11-19(12-14-22)15-23(31-28(33)21-9-5-2-6-10-21)29(34)32-24-17-36-27-25(18-37-26(24)27)35-16-20-7-3-1-4-8-20/h1-15,24-27H,16-18H2,(H,31,33)(H,32,34)/b23-15-/t24-,25-,26-,27-/m1/s1. The van der Waals surface area contributed by atoms with E-state index in [-0.39, 0.29) is 42.6 Å². The molecule has 2 amide bonds. The average molecular weight is 519 g/mol. The number of fused-ring (bicyclic) bond motifs is 1. The van der Waals surface area contributed by atoms with Gasteiger partial charge in [-0.15, -0.1) is 0 Å². The van der Waals surface area contributed by atoms with Crippen LogP contribution >= 0.6 is 11.6 Å². The summed E-state index contributed by atoms with van der Waals surface area (Å²) in [5.74, 6) is -0.825. The molecule has 2 heterocycles. The van der Waals surface area contributed by atoms with Crippen molar-refractivity contribution in [2.24, 2.45) is 0 Å². The van der Waals surface area contributed by atoms with Gasteiger partial charge in [-0.2, -0.15) is 0 Å². The molecule has 2 N–H and O–H groups in total.